The molecule has 2 N–H and O–H groups in total. The lowest BCUT2D eigenvalue weighted by Crippen LogP contribution is -2.37. The van der Waals surface area contributed by atoms with E-state index in [2.05, 4.69) is 37.4 Å². The number of halogens is 1. The molecule has 0 radical (unpaired) electrons. The van der Waals surface area contributed by atoms with Gasteiger partial charge in [-0.2, -0.15) is 11.3 Å². The topological polar surface area (TPSA) is 39.7 Å². The monoisotopic (exact) mass is 450 g/mol. The average Bonchev–Trinajstić information content (AvgIpc) is 3.08. The lowest BCUT2D eigenvalue weighted by molar-refractivity contribution is 0.224. The molecule has 4 nitrogen and oxygen atoms in total. The van der Waals surface area contributed by atoms with Crippen molar-refractivity contribution in [2.24, 2.45) is 4.99 Å². The highest BCUT2D eigenvalue weighted by molar-refractivity contribution is 14.0. The van der Waals surface area contributed by atoms with E-state index in [0.717, 1.165) is 19.0 Å². The fraction of sp³-hybridized carbons (Fsp3) is 0.706. The van der Waals surface area contributed by atoms with E-state index >= 15 is 0 Å². The van der Waals surface area contributed by atoms with Gasteiger partial charge in [0.05, 0.1) is 0 Å². The maximum Gasteiger partial charge on any atom is 0.191 e. The van der Waals surface area contributed by atoms with E-state index in [1.807, 2.05) is 7.05 Å². The molecule has 0 aromatic carbocycles. The number of nitrogens with zero attached hydrogens (tertiary/aromatic N) is 2. The summed E-state index contributed by atoms with van der Waals surface area (Å²) in [6.07, 6.45) is 8.06. The predicted molar refractivity (Wildman–Crippen MR) is 112 cm³/mol. The second kappa shape index (κ2) is 13.0. The van der Waals surface area contributed by atoms with Gasteiger partial charge in [-0.3, -0.25) is 4.99 Å². The third-order valence-corrected chi connectivity index (χ3v) is 4.89. The van der Waals surface area contributed by atoms with Gasteiger partial charge in [0.1, 0.15) is 0 Å². The second-order valence-electron chi connectivity index (χ2n) is 5.95. The molecular formula is C17H31IN4S. The highest BCUT2D eigenvalue weighted by Crippen LogP contribution is 2.09. The van der Waals surface area contributed by atoms with Crippen LogP contribution in [0.3, 0.4) is 0 Å². The first-order valence-corrected chi connectivity index (χ1v) is 9.51. The van der Waals surface area contributed by atoms with E-state index in [1.54, 1.807) is 11.3 Å². The normalized spacial score (nSPS) is 16.0. The van der Waals surface area contributed by atoms with Crippen LogP contribution in [0.25, 0.3) is 0 Å². The van der Waals surface area contributed by atoms with Crippen molar-refractivity contribution in [3.63, 3.8) is 0 Å². The van der Waals surface area contributed by atoms with Gasteiger partial charge in [0.25, 0.3) is 0 Å². The summed E-state index contributed by atoms with van der Waals surface area (Å²) in [5.74, 6) is 0.905. The molecule has 1 fully saturated rings. The summed E-state index contributed by atoms with van der Waals surface area (Å²) in [5, 5.41) is 11.0. The van der Waals surface area contributed by atoms with Crippen LogP contribution in [-0.4, -0.2) is 44.1 Å². The van der Waals surface area contributed by atoms with Gasteiger partial charge < -0.3 is 15.5 Å². The van der Waals surface area contributed by atoms with Crippen molar-refractivity contribution in [1.29, 1.82) is 0 Å². The van der Waals surface area contributed by atoms with Crippen LogP contribution in [0.5, 0.6) is 0 Å². The second-order valence-corrected chi connectivity index (χ2v) is 6.73. The highest BCUT2D eigenvalue weighted by atomic mass is 127. The standard InChI is InChI=1S/C17H30N4S.HI/c1-18-17(20-14-16-8-13-22-15-16)19-9-4-2-5-10-21-11-6-3-7-12-21;/h8,13,15H,2-7,9-12,14H2,1H3,(H2,18,19,20);1H. The molecule has 2 rings (SSSR count). The number of thiophene rings is 1. The van der Waals surface area contributed by atoms with Crippen LogP contribution in [-0.2, 0) is 6.54 Å². The van der Waals surface area contributed by atoms with E-state index in [9.17, 15) is 0 Å². The first-order valence-electron chi connectivity index (χ1n) is 8.56. The number of hydrogen-bond acceptors (Lipinski definition) is 3. The van der Waals surface area contributed by atoms with E-state index < -0.39 is 0 Å². The van der Waals surface area contributed by atoms with Gasteiger partial charge in [-0.25, -0.2) is 0 Å². The zero-order valence-corrected chi connectivity index (χ0v) is 17.4. The summed E-state index contributed by atoms with van der Waals surface area (Å²) in [6.45, 7) is 5.77. The van der Waals surface area contributed by atoms with Gasteiger partial charge in [-0.1, -0.05) is 12.8 Å². The molecular weight excluding hydrogens is 419 g/mol. The number of nitrogens with one attached hydrogen (secondary N) is 2. The number of likely N-dealkylation sites (tertiary alicyclic amines) is 1. The quantitative estimate of drug-likeness (QED) is 0.275. The summed E-state index contributed by atoms with van der Waals surface area (Å²) < 4.78 is 0. The van der Waals surface area contributed by atoms with Crippen LogP contribution >= 0.6 is 35.3 Å². The molecule has 23 heavy (non-hydrogen) atoms. The van der Waals surface area contributed by atoms with Crippen LogP contribution in [0, 0.1) is 0 Å². The fourth-order valence-electron chi connectivity index (χ4n) is 2.83. The summed E-state index contributed by atoms with van der Waals surface area (Å²) in [4.78, 5) is 6.89. The van der Waals surface area contributed by atoms with Gasteiger partial charge in [-0.15, -0.1) is 24.0 Å². The van der Waals surface area contributed by atoms with E-state index in [-0.39, 0.29) is 24.0 Å². The van der Waals surface area contributed by atoms with Gasteiger partial charge in [0.2, 0.25) is 0 Å². The Kier molecular flexibility index (Phi) is 11.7. The number of hydrogen-bond donors (Lipinski definition) is 2. The minimum Gasteiger partial charge on any atom is -0.356 e. The lowest BCUT2D eigenvalue weighted by atomic mass is 10.1. The summed E-state index contributed by atoms with van der Waals surface area (Å²) >= 11 is 1.73. The van der Waals surface area contributed by atoms with Crippen molar-refractivity contribution in [1.82, 2.24) is 15.5 Å². The number of unbranched alkanes of at least 4 members (excludes halogenated alkanes) is 2. The van der Waals surface area contributed by atoms with Crippen LogP contribution in [0.2, 0.25) is 0 Å². The Balaban J connectivity index is 0.00000264. The Morgan fingerprint density at radius 3 is 2.70 bits per heavy atom. The largest absolute Gasteiger partial charge is 0.356 e. The van der Waals surface area contributed by atoms with Crippen molar-refractivity contribution >= 4 is 41.3 Å². The molecule has 1 aromatic heterocycles. The van der Waals surface area contributed by atoms with Gasteiger partial charge in [0, 0.05) is 20.1 Å². The number of aliphatic imine (C=N–C) groups is 1. The van der Waals surface area contributed by atoms with Crippen LogP contribution in [0.1, 0.15) is 44.1 Å². The molecule has 1 aliphatic heterocycles. The van der Waals surface area contributed by atoms with E-state index in [0.29, 0.717) is 0 Å². The molecule has 1 aliphatic rings. The molecule has 0 saturated carbocycles. The third-order valence-electron chi connectivity index (χ3n) is 4.16. The van der Waals surface area contributed by atoms with Gasteiger partial charge >= 0.3 is 0 Å². The van der Waals surface area contributed by atoms with Crippen molar-refractivity contribution < 1.29 is 0 Å². The molecule has 132 valence electrons. The summed E-state index contributed by atoms with van der Waals surface area (Å²) in [7, 11) is 1.83. The maximum absolute atomic E-state index is 4.27. The first kappa shape index (κ1) is 20.7. The van der Waals surface area contributed by atoms with E-state index in [4.69, 9.17) is 0 Å². The molecule has 2 heterocycles. The Hall–Kier alpha value is -0.340. The molecule has 1 aromatic rings. The van der Waals surface area contributed by atoms with Crippen molar-refractivity contribution in [3.8, 4) is 0 Å². The number of rotatable bonds is 8. The number of guanidine groups is 1. The van der Waals surface area contributed by atoms with Gasteiger partial charge in [-0.05, 0) is 67.7 Å². The Morgan fingerprint density at radius 1 is 1.17 bits per heavy atom. The zero-order chi connectivity index (χ0) is 15.5. The Labute approximate surface area is 162 Å². The molecule has 0 aliphatic carbocycles. The van der Waals surface area contributed by atoms with Gasteiger partial charge in [0.15, 0.2) is 5.96 Å². The van der Waals surface area contributed by atoms with Crippen LogP contribution < -0.4 is 10.6 Å². The number of piperidine rings is 1. The predicted octanol–water partition coefficient (Wildman–Crippen LogP) is 3.69. The van der Waals surface area contributed by atoms with Crippen LogP contribution in [0.4, 0.5) is 0 Å². The van der Waals surface area contributed by atoms with E-state index in [1.165, 1.54) is 63.7 Å². The molecule has 6 heteroatoms. The average molecular weight is 450 g/mol. The SMILES string of the molecule is CN=C(NCCCCCN1CCCCC1)NCc1ccsc1.I. The fourth-order valence-corrected chi connectivity index (χ4v) is 3.50. The first-order chi connectivity index (χ1) is 10.9. The summed E-state index contributed by atoms with van der Waals surface area (Å²) in [5.41, 5.74) is 1.31. The maximum atomic E-state index is 4.27. The molecule has 0 spiro atoms. The highest BCUT2D eigenvalue weighted by Gasteiger charge is 2.08. The third kappa shape index (κ3) is 8.91. The minimum atomic E-state index is 0. The van der Waals surface area contributed by atoms with Crippen molar-refractivity contribution in [2.75, 3.05) is 33.2 Å². The Bertz CT molecular complexity index is 416. The summed E-state index contributed by atoms with van der Waals surface area (Å²) in [6, 6.07) is 2.14. The Morgan fingerprint density at radius 2 is 2.00 bits per heavy atom. The van der Waals surface area contributed by atoms with Crippen LogP contribution in [0.15, 0.2) is 21.8 Å². The molecule has 0 bridgehead atoms. The van der Waals surface area contributed by atoms with Crippen molar-refractivity contribution in [3.05, 3.63) is 22.4 Å². The molecule has 0 atom stereocenters. The molecule has 1 saturated heterocycles. The molecule has 0 unspecified atom stereocenters. The smallest absolute Gasteiger partial charge is 0.191 e. The lowest BCUT2D eigenvalue weighted by Gasteiger charge is -2.26. The minimum absolute atomic E-state index is 0. The van der Waals surface area contributed by atoms with Crippen molar-refractivity contribution in [2.45, 2.75) is 45.1 Å². The zero-order valence-electron chi connectivity index (χ0n) is 14.2. The molecule has 0 amide bonds.